The predicted octanol–water partition coefficient (Wildman–Crippen LogP) is 5.52. The zero-order chi connectivity index (χ0) is 26.9. The smallest absolute Gasteiger partial charge is 0.462 e. The summed E-state index contributed by atoms with van der Waals surface area (Å²) in [5, 5.41) is 6.17. The second-order valence-corrected chi connectivity index (χ2v) is 8.90. The third-order valence-electron chi connectivity index (χ3n) is 6.34. The van der Waals surface area contributed by atoms with Crippen LogP contribution in [0.2, 0.25) is 0 Å². The van der Waals surface area contributed by atoms with Gasteiger partial charge in [-0.25, -0.2) is 9.78 Å². The number of benzene rings is 2. The third kappa shape index (κ3) is 4.94. The Labute approximate surface area is 215 Å². The number of carbonyl (C=O) groups excluding carboxylic acids is 2. The highest BCUT2D eigenvalue weighted by atomic mass is 19.3. The maximum Gasteiger partial charge on any atom is 0.586 e. The summed E-state index contributed by atoms with van der Waals surface area (Å²) < 4.78 is 40.9. The van der Waals surface area contributed by atoms with Crippen LogP contribution in [0.25, 0.3) is 21.7 Å². The van der Waals surface area contributed by atoms with E-state index in [0.29, 0.717) is 41.0 Å². The molecule has 1 amide bonds. The largest absolute Gasteiger partial charge is 0.586 e. The van der Waals surface area contributed by atoms with Gasteiger partial charge < -0.3 is 19.5 Å². The Kier molecular flexibility index (Phi) is 6.33. The summed E-state index contributed by atoms with van der Waals surface area (Å²) in [6.07, 6.45) is -2.66. The molecule has 0 bridgehead atoms. The third-order valence-corrected chi connectivity index (χ3v) is 6.34. The molecule has 12 heteroatoms. The molecule has 194 valence electrons. The summed E-state index contributed by atoms with van der Waals surface area (Å²) >= 11 is 0. The molecule has 0 saturated heterocycles. The quantitative estimate of drug-likeness (QED) is 0.136. The van der Waals surface area contributed by atoms with E-state index in [-0.39, 0.29) is 30.6 Å². The van der Waals surface area contributed by atoms with E-state index in [1.54, 1.807) is 42.5 Å². The number of ether oxygens (including phenoxy) is 3. The summed E-state index contributed by atoms with van der Waals surface area (Å²) in [5.74, 6) is -0.779. The number of hydrogen-bond acceptors (Lipinski definition) is 7. The Morgan fingerprint density at radius 2 is 1.92 bits per heavy atom. The van der Waals surface area contributed by atoms with Crippen LogP contribution in [0.3, 0.4) is 0 Å². The highest BCUT2D eigenvalue weighted by molar-refractivity contribution is 6.01. The number of pyridine rings is 1. The molecule has 3 aromatic rings. The lowest BCUT2D eigenvalue weighted by Gasteiger charge is -2.17. The van der Waals surface area contributed by atoms with E-state index < -0.39 is 17.7 Å². The van der Waals surface area contributed by atoms with Gasteiger partial charge in [-0.15, -0.1) is 8.78 Å². The van der Waals surface area contributed by atoms with Crippen LogP contribution in [0.5, 0.6) is 11.5 Å². The van der Waals surface area contributed by atoms with Gasteiger partial charge in [0.2, 0.25) is 5.91 Å². The molecule has 0 atom stereocenters. The average molecular weight is 521 g/mol. The number of aryl methyl sites for hydroxylation is 1. The summed E-state index contributed by atoms with van der Waals surface area (Å²) in [4.78, 5) is 32.8. The van der Waals surface area contributed by atoms with Crippen molar-refractivity contribution >= 4 is 17.7 Å². The average Bonchev–Trinajstić information content (AvgIpc) is 3.64. The van der Waals surface area contributed by atoms with Crippen LogP contribution in [0.15, 0.2) is 59.7 Å². The topological polar surface area (TPSA) is 136 Å². The van der Waals surface area contributed by atoms with Crippen molar-refractivity contribution in [2.75, 3.05) is 18.5 Å². The number of amides is 1. The molecular weight excluding hydrogens is 500 g/mol. The number of hydrogen-bond donors (Lipinski definition) is 1. The lowest BCUT2D eigenvalue weighted by molar-refractivity contribution is -0.286. The molecule has 10 nitrogen and oxygen atoms in total. The van der Waals surface area contributed by atoms with Crippen LogP contribution in [0.4, 0.5) is 14.6 Å². The van der Waals surface area contributed by atoms with Crippen LogP contribution in [-0.4, -0.2) is 36.3 Å². The fourth-order valence-corrected chi connectivity index (χ4v) is 4.25. The van der Waals surface area contributed by atoms with Crippen molar-refractivity contribution in [1.29, 1.82) is 0 Å². The molecule has 2 aliphatic rings. The van der Waals surface area contributed by atoms with Crippen molar-refractivity contribution < 1.29 is 32.6 Å². The number of esters is 1. The van der Waals surface area contributed by atoms with Crippen LogP contribution >= 0.6 is 0 Å². The Morgan fingerprint density at radius 3 is 2.68 bits per heavy atom. The molecule has 5 rings (SSSR count). The minimum Gasteiger partial charge on any atom is -0.462 e. The van der Waals surface area contributed by atoms with E-state index in [9.17, 15) is 18.4 Å². The van der Waals surface area contributed by atoms with Crippen molar-refractivity contribution in [1.82, 2.24) is 4.98 Å². The maximum absolute atomic E-state index is 13.4. The lowest BCUT2D eigenvalue weighted by atomic mass is 9.94. The number of azide groups is 1. The number of alkyl halides is 2. The van der Waals surface area contributed by atoms with Gasteiger partial charge in [-0.05, 0) is 66.8 Å². The maximum atomic E-state index is 13.4. The standard InChI is InChI=1S/C26H21F2N5O5/c1-15-5-8-21(31-22(15)16-3-2-4-17(13-16)23(34)36-12-11-30-33-29)32-24(35)25(9-10-25)18-6-7-19-20(14-18)38-26(27,28)37-19/h2-8,13-14H,9-12H2,1H3,(H,31,32,35). The molecular formula is C26H21F2N5O5. The van der Waals surface area contributed by atoms with Gasteiger partial charge in [0.05, 0.1) is 29.8 Å². The minimum absolute atomic E-state index is 0.0323. The number of halogens is 2. The van der Waals surface area contributed by atoms with Gasteiger partial charge in [-0.1, -0.05) is 29.4 Å². The minimum atomic E-state index is -3.73. The molecule has 1 aliphatic carbocycles. The number of fused-ring (bicyclic) bond motifs is 1. The van der Waals surface area contributed by atoms with E-state index in [2.05, 4.69) is 29.8 Å². The molecule has 1 aromatic heterocycles. The predicted molar refractivity (Wildman–Crippen MR) is 131 cm³/mol. The molecule has 0 radical (unpaired) electrons. The summed E-state index contributed by atoms with van der Waals surface area (Å²) in [7, 11) is 0. The first-order chi connectivity index (χ1) is 18.2. The van der Waals surface area contributed by atoms with E-state index in [0.717, 1.165) is 5.56 Å². The number of carbonyl (C=O) groups is 2. The zero-order valence-electron chi connectivity index (χ0n) is 20.1. The van der Waals surface area contributed by atoms with E-state index in [1.807, 2.05) is 6.92 Å². The number of aromatic nitrogens is 1. The lowest BCUT2D eigenvalue weighted by Crippen LogP contribution is -2.28. The van der Waals surface area contributed by atoms with Crippen molar-refractivity contribution in [3.63, 3.8) is 0 Å². The fourth-order valence-electron chi connectivity index (χ4n) is 4.25. The van der Waals surface area contributed by atoms with Crippen LogP contribution in [-0.2, 0) is 14.9 Å². The molecule has 2 aromatic carbocycles. The summed E-state index contributed by atoms with van der Waals surface area (Å²) in [6, 6.07) is 14.5. The highest BCUT2D eigenvalue weighted by Crippen LogP contribution is 2.52. The number of anilines is 1. The first-order valence-corrected chi connectivity index (χ1v) is 11.7. The normalized spacial score (nSPS) is 15.8. The van der Waals surface area contributed by atoms with Gasteiger partial charge in [-0.3, -0.25) is 4.79 Å². The molecule has 1 N–H and O–H groups in total. The second kappa shape index (κ2) is 9.64. The van der Waals surface area contributed by atoms with E-state index in [1.165, 1.54) is 12.1 Å². The SMILES string of the molecule is Cc1ccc(NC(=O)C2(c3ccc4c(c3)OC(F)(F)O4)CC2)nc1-c1cccc(C(=O)OCCN=[N+]=[N-])c1. The first kappa shape index (κ1) is 25.0. The van der Waals surface area contributed by atoms with Gasteiger partial charge in [0, 0.05) is 10.5 Å². The van der Waals surface area contributed by atoms with Gasteiger partial charge in [-0.2, -0.15) is 0 Å². The molecule has 1 fully saturated rings. The Bertz CT molecular complexity index is 1480. The van der Waals surface area contributed by atoms with Crippen molar-refractivity contribution in [3.05, 3.63) is 81.7 Å². The van der Waals surface area contributed by atoms with Crippen LogP contribution in [0.1, 0.15) is 34.3 Å². The number of nitrogens with zero attached hydrogens (tertiary/aromatic N) is 4. The monoisotopic (exact) mass is 521 g/mol. The van der Waals surface area contributed by atoms with Crippen LogP contribution < -0.4 is 14.8 Å². The molecule has 0 unspecified atom stereocenters. The Hall–Kier alpha value is -4.70. The molecule has 1 saturated carbocycles. The van der Waals surface area contributed by atoms with Crippen molar-refractivity contribution in [2.45, 2.75) is 31.5 Å². The molecule has 2 heterocycles. The van der Waals surface area contributed by atoms with Gasteiger partial charge >= 0.3 is 12.3 Å². The Morgan fingerprint density at radius 1 is 1.13 bits per heavy atom. The van der Waals surface area contributed by atoms with E-state index in [4.69, 9.17) is 10.3 Å². The van der Waals surface area contributed by atoms with Gasteiger partial charge in [0.15, 0.2) is 11.5 Å². The zero-order valence-corrected chi connectivity index (χ0v) is 20.1. The van der Waals surface area contributed by atoms with Gasteiger partial charge in [0.1, 0.15) is 5.82 Å². The number of nitrogens with one attached hydrogen (secondary N) is 1. The van der Waals surface area contributed by atoms with Gasteiger partial charge in [0.25, 0.3) is 0 Å². The number of rotatable bonds is 8. The van der Waals surface area contributed by atoms with Crippen molar-refractivity contribution in [3.8, 4) is 22.8 Å². The molecule has 1 aliphatic heterocycles. The summed E-state index contributed by atoms with van der Waals surface area (Å²) in [6.45, 7) is 1.84. The molecule has 38 heavy (non-hydrogen) atoms. The van der Waals surface area contributed by atoms with Crippen molar-refractivity contribution in [2.24, 2.45) is 5.11 Å². The first-order valence-electron chi connectivity index (χ1n) is 11.7. The van der Waals surface area contributed by atoms with Crippen LogP contribution in [0, 0.1) is 6.92 Å². The fraction of sp³-hybridized carbons (Fsp3) is 0.269. The second-order valence-electron chi connectivity index (χ2n) is 8.90. The Balaban J connectivity index is 1.33. The summed E-state index contributed by atoms with van der Waals surface area (Å²) in [5.41, 5.74) is 10.3. The van der Waals surface area contributed by atoms with E-state index >= 15 is 0 Å². The highest BCUT2D eigenvalue weighted by Gasteiger charge is 2.53. The molecule has 0 spiro atoms.